The first-order chi connectivity index (χ1) is 8.56. The van der Waals surface area contributed by atoms with E-state index in [1.807, 2.05) is 0 Å². The monoisotopic (exact) mass is 244 g/mol. The van der Waals surface area contributed by atoms with Crippen LogP contribution in [0.4, 0.5) is 5.69 Å². The van der Waals surface area contributed by atoms with E-state index in [9.17, 15) is 4.79 Å². The number of nitrogens with one attached hydrogen (secondary N) is 1. The number of benzene rings is 1. The second kappa shape index (κ2) is 4.53. The fourth-order valence-corrected chi connectivity index (χ4v) is 1.19. The van der Waals surface area contributed by atoms with Gasteiger partial charge < -0.3 is 10.8 Å². The minimum absolute atomic E-state index is 0.0248. The Labute approximate surface area is 101 Å². The quantitative estimate of drug-likeness (QED) is 0.673. The summed E-state index contributed by atoms with van der Waals surface area (Å²) < 4.78 is 0. The molecule has 0 saturated heterocycles. The lowest BCUT2D eigenvalue weighted by Gasteiger charge is -1.94. The van der Waals surface area contributed by atoms with Crippen molar-refractivity contribution in [2.75, 3.05) is 0 Å². The normalized spacial score (nSPS) is 14.8. The zero-order valence-electron chi connectivity index (χ0n) is 9.03. The average molecular weight is 244 g/mol. The van der Waals surface area contributed by atoms with Gasteiger partial charge in [-0.1, -0.05) is 6.07 Å². The van der Waals surface area contributed by atoms with Crippen molar-refractivity contribution < 1.29 is 9.90 Å². The Morgan fingerprint density at radius 3 is 2.72 bits per heavy atom. The lowest BCUT2D eigenvalue weighted by atomic mass is 10.2. The first-order valence-corrected chi connectivity index (χ1v) is 4.83. The van der Waals surface area contributed by atoms with Crippen LogP contribution in [0, 0.1) is 5.41 Å². The molecule has 0 atom stereocenters. The Balaban J connectivity index is 2.20. The number of nitrogens with two attached hydrogens (primary N) is 1. The summed E-state index contributed by atoms with van der Waals surface area (Å²) in [5, 5.41) is 23.5. The molecule has 0 fully saturated rings. The molecular weight excluding hydrogens is 236 g/mol. The number of carbonyl (C=O) groups is 1. The molecule has 0 bridgehead atoms. The number of hydrogen-bond donors (Lipinski definition) is 3. The molecule has 0 unspecified atom stereocenters. The predicted octanol–water partition coefficient (Wildman–Crippen LogP) is 1.17. The zero-order chi connectivity index (χ0) is 13.1. The summed E-state index contributed by atoms with van der Waals surface area (Å²) in [6, 6.07) is 5.94. The topological polar surface area (TPSA) is 137 Å². The van der Waals surface area contributed by atoms with Crippen molar-refractivity contribution in [2.45, 2.75) is 0 Å². The van der Waals surface area contributed by atoms with Gasteiger partial charge in [-0.3, -0.25) is 5.41 Å². The summed E-state index contributed by atoms with van der Waals surface area (Å²) in [5.74, 6) is -1.26. The van der Waals surface area contributed by atoms with Crippen LogP contribution in [0.3, 0.4) is 0 Å². The van der Waals surface area contributed by atoms with Crippen LogP contribution >= 0.6 is 0 Å². The van der Waals surface area contributed by atoms with Gasteiger partial charge in [0.1, 0.15) is 0 Å². The first-order valence-electron chi connectivity index (χ1n) is 4.83. The van der Waals surface area contributed by atoms with E-state index in [4.69, 9.17) is 16.2 Å². The number of guanidine groups is 1. The fraction of sp³-hybridized carbons (Fsp3) is 0. The Bertz CT molecular complexity index is 617. The van der Waals surface area contributed by atoms with Gasteiger partial charge in [0.15, 0.2) is 11.7 Å². The fourth-order valence-electron chi connectivity index (χ4n) is 1.19. The van der Waals surface area contributed by atoms with Crippen LogP contribution in [0.2, 0.25) is 0 Å². The number of aliphatic imine (C=N–C) groups is 2. The Morgan fingerprint density at radius 1 is 1.33 bits per heavy atom. The van der Waals surface area contributed by atoms with Gasteiger partial charge in [0, 0.05) is 0 Å². The van der Waals surface area contributed by atoms with Crippen LogP contribution in [-0.2, 0) is 0 Å². The van der Waals surface area contributed by atoms with E-state index in [-0.39, 0.29) is 23.2 Å². The molecule has 1 aliphatic rings. The molecule has 18 heavy (non-hydrogen) atoms. The van der Waals surface area contributed by atoms with Gasteiger partial charge >= 0.3 is 5.97 Å². The molecule has 1 heterocycles. The molecule has 8 heteroatoms. The molecule has 0 amide bonds. The third-order valence-corrected chi connectivity index (χ3v) is 2.02. The third kappa shape index (κ3) is 2.43. The lowest BCUT2D eigenvalue weighted by molar-refractivity contribution is 0.0697. The van der Waals surface area contributed by atoms with Crippen LogP contribution in [0.5, 0.6) is 0 Å². The van der Waals surface area contributed by atoms with E-state index in [1.165, 1.54) is 12.1 Å². The van der Waals surface area contributed by atoms with Gasteiger partial charge in [-0.05, 0) is 18.2 Å². The SMILES string of the molecule is N=C1N=C(N=Nc2cccc(C(=O)O)c2)N=C1N. The molecule has 1 aromatic rings. The minimum atomic E-state index is -1.05. The van der Waals surface area contributed by atoms with E-state index in [0.29, 0.717) is 5.69 Å². The standard InChI is InChI=1S/C10H8N6O2/c11-7-8(12)14-10(13-7)16-15-6-3-1-2-5(4-6)9(17)18/h1-4H,(H,17,18)(H3,11,12,13,14). The van der Waals surface area contributed by atoms with Crippen LogP contribution in [0.15, 0.2) is 44.5 Å². The van der Waals surface area contributed by atoms with Crippen molar-refractivity contribution in [1.82, 2.24) is 0 Å². The highest BCUT2D eigenvalue weighted by molar-refractivity contribution is 6.45. The van der Waals surface area contributed by atoms with Crippen molar-refractivity contribution in [2.24, 2.45) is 25.9 Å². The van der Waals surface area contributed by atoms with Crippen molar-refractivity contribution in [3.8, 4) is 0 Å². The number of carboxylic acid groups (broad SMARTS) is 1. The maximum atomic E-state index is 10.7. The van der Waals surface area contributed by atoms with E-state index < -0.39 is 5.97 Å². The summed E-state index contributed by atoms with van der Waals surface area (Å²) in [6.07, 6.45) is 0. The minimum Gasteiger partial charge on any atom is -0.478 e. The first kappa shape index (κ1) is 11.6. The van der Waals surface area contributed by atoms with Crippen LogP contribution in [0.1, 0.15) is 10.4 Å². The second-order valence-corrected chi connectivity index (χ2v) is 3.31. The van der Waals surface area contributed by atoms with Crippen LogP contribution in [0.25, 0.3) is 0 Å². The number of nitrogens with zero attached hydrogens (tertiary/aromatic N) is 4. The molecule has 0 aromatic heterocycles. The molecule has 90 valence electrons. The van der Waals surface area contributed by atoms with Gasteiger partial charge in [-0.2, -0.15) is 9.98 Å². The van der Waals surface area contributed by atoms with Gasteiger partial charge in [-0.25, -0.2) is 4.79 Å². The second-order valence-electron chi connectivity index (χ2n) is 3.31. The summed E-state index contributed by atoms with van der Waals surface area (Å²) >= 11 is 0. The molecule has 0 aliphatic carbocycles. The van der Waals surface area contributed by atoms with E-state index in [0.717, 1.165) is 0 Å². The van der Waals surface area contributed by atoms with Crippen molar-refractivity contribution in [3.05, 3.63) is 29.8 Å². The summed E-state index contributed by atoms with van der Waals surface area (Å²) in [6.45, 7) is 0. The summed E-state index contributed by atoms with van der Waals surface area (Å²) in [5.41, 5.74) is 5.79. The number of azo groups is 1. The molecular formula is C10H8N6O2. The Morgan fingerprint density at radius 2 is 2.11 bits per heavy atom. The molecule has 4 N–H and O–H groups in total. The van der Waals surface area contributed by atoms with E-state index in [1.54, 1.807) is 12.1 Å². The number of hydrogen-bond acceptors (Lipinski definition) is 6. The predicted molar refractivity (Wildman–Crippen MR) is 64.7 cm³/mol. The van der Waals surface area contributed by atoms with Gasteiger partial charge in [-0.15, -0.1) is 10.2 Å². The third-order valence-electron chi connectivity index (χ3n) is 2.02. The molecule has 1 aliphatic heterocycles. The van der Waals surface area contributed by atoms with Crippen molar-refractivity contribution in [3.63, 3.8) is 0 Å². The number of rotatable bonds is 2. The maximum absolute atomic E-state index is 10.7. The van der Waals surface area contributed by atoms with Gasteiger partial charge in [0.05, 0.1) is 11.3 Å². The smallest absolute Gasteiger partial charge is 0.335 e. The maximum Gasteiger partial charge on any atom is 0.335 e. The number of aromatic carboxylic acids is 1. The van der Waals surface area contributed by atoms with Gasteiger partial charge in [0.2, 0.25) is 0 Å². The molecule has 1 aromatic carbocycles. The highest BCUT2D eigenvalue weighted by Crippen LogP contribution is 2.15. The van der Waals surface area contributed by atoms with E-state index in [2.05, 4.69) is 20.2 Å². The summed E-state index contributed by atoms with van der Waals surface area (Å²) in [7, 11) is 0. The molecule has 0 radical (unpaired) electrons. The molecule has 0 spiro atoms. The number of amidine groups is 2. The Kier molecular flexibility index (Phi) is 2.92. The van der Waals surface area contributed by atoms with Crippen molar-refractivity contribution >= 4 is 29.3 Å². The van der Waals surface area contributed by atoms with Crippen LogP contribution < -0.4 is 5.73 Å². The molecule has 8 nitrogen and oxygen atoms in total. The highest BCUT2D eigenvalue weighted by atomic mass is 16.4. The Hall–Kier alpha value is -2.90. The van der Waals surface area contributed by atoms with Crippen molar-refractivity contribution in [1.29, 1.82) is 5.41 Å². The average Bonchev–Trinajstić information content (AvgIpc) is 2.67. The van der Waals surface area contributed by atoms with Crippen LogP contribution in [-0.4, -0.2) is 28.7 Å². The highest BCUT2D eigenvalue weighted by Gasteiger charge is 2.12. The van der Waals surface area contributed by atoms with E-state index >= 15 is 0 Å². The molecule has 2 rings (SSSR count). The zero-order valence-corrected chi connectivity index (χ0v) is 9.03. The largest absolute Gasteiger partial charge is 0.478 e. The van der Waals surface area contributed by atoms with Gasteiger partial charge in [0.25, 0.3) is 5.96 Å². The molecule has 0 saturated carbocycles. The lowest BCUT2D eigenvalue weighted by Crippen LogP contribution is -2.17. The number of carboxylic acids is 1. The summed E-state index contributed by atoms with van der Waals surface area (Å²) in [4.78, 5) is 18.1.